The Morgan fingerprint density at radius 2 is 1.85 bits per heavy atom. The van der Waals surface area contributed by atoms with Crippen molar-refractivity contribution in [2.45, 2.75) is 44.6 Å². The molecule has 2 aromatic rings. The molecule has 132 valence electrons. The Morgan fingerprint density at radius 3 is 2.58 bits per heavy atom. The van der Waals surface area contributed by atoms with Gasteiger partial charge in [-0.3, -0.25) is 0 Å². The van der Waals surface area contributed by atoms with Crippen molar-refractivity contribution in [2.75, 3.05) is 5.73 Å². The monoisotopic (exact) mass is 344 g/mol. The predicted molar refractivity (Wildman–Crippen MR) is 106 cm³/mol. The molecule has 3 heteroatoms. The first kappa shape index (κ1) is 16.9. The lowest BCUT2D eigenvalue weighted by atomic mass is 9.77. The lowest BCUT2D eigenvalue weighted by molar-refractivity contribution is 0.105. The molecule has 1 unspecified atom stereocenters. The summed E-state index contributed by atoms with van der Waals surface area (Å²) in [6.07, 6.45) is 6.11. The summed E-state index contributed by atoms with van der Waals surface area (Å²) < 4.78 is 0. The molecule has 2 aliphatic carbocycles. The second kappa shape index (κ2) is 6.63. The highest BCUT2D eigenvalue weighted by molar-refractivity contribution is 5.89. The van der Waals surface area contributed by atoms with Gasteiger partial charge in [-0.25, -0.2) is 4.85 Å². The van der Waals surface area contributed by atoms with Gasteiger partial charge in [-0.1, -0.05) is 30.3 Å². The van der Waals surface area contributed by atoms with E-state index in [4.69, 9.17) is 12.3 Å². The number of rotatable bonds is 2. The summed E-state index contributed by atoms with van der Waals surface area (Å²) in [6.45, 7) is 9.44. The largest absolute Gasteiger partial charge is 0.398 e. The maximum absolute atomic E-state index is 9.87. The Labute approximate surface area is 155 Å². The minimum absolute atomic E-state index is 0.142. The second-order valence-electron chi connectivity index (χ2n) is 7.58. The molecule has 0 amide bonds. The molecular weight excluding hydrogens is 320 g/mol. The minimum Gasteiger partial charge on any atom is -0.398 e. The first-order chi connectivity index (χ1) is 12.6. The number of hydrogen-bond acceptors (Lipinski definition) is 2. The molecule has 1 saturated carbocycles. The second-order valence-corrected chi connectivity index (χ2v) is 7.58. The van der Waals surface area contributed by atoms with Gasteiger partial charge in [-0.2, -0.15) is 0 Å². The number of anilines is 1. The zero-order valence-corrected chi connectivity index (χ0v) is 15.1. The van der Waals surface area contributed by atoms with E-state index >= 15 is 0 Å². The van der Waals surface area contributed by atoms with Crippen LogP contribution in [0.1, 0.15) is 53.9 Å². The average molecular weight is 344 g/mol. The molecule has 1 atom stereocenters. The van der Waals surface area contributed by atoms with E-state index in [2.05, 4.69) is 30.0 Å². The molecule has 3 N–H and O–H groups in total. The number of nitrogens with zero attached hydrogens (tertiary/aromatic N) is 1. The Balaban J connectivity index is 1.82. The van der Waals surface area contributed by atoms with Crippen LogP contribution in [0.3, 0.4) is 0 Å². The molecule has 26 heavy (non-hydrogen) atoms. The van der Waals surface area contributed by atoms with Gasteiger partial charge >= 0.3 is 0 Å². The number of benzene rings is 2. The van der Waals surface area contributed by atoms with Crippen molar-refractivity contribution in [3.05, 3.63) is 76.1 Å². The van der Waals surface area contributed by atoms with E-state index in [0.29, 0.717) is 17.5 Å². The first-order valence-corrected chi connectivity index (χ1v) is 9.35. The molecule has 3 nitrogen and oxygen atoms in total. The predicted octanol–water partition coefficient (Wildman–Crippen LogP) is 5.21. The van der Waals surface area contributed by atoms with Crippen LogP contribution in [-0.2, 0) is 0 Å². The van der Waals surface area contributed by atoms with Crippen molar-refractivity contribution < 1.29 is 5.11 Å². The molecule has 0 aromatic heterocycles. The summed E-state index contributed by atoms with van der Waals surface area (Å²) >= 11 is 0. The summed E-state index contributed by atoms with van der Waals surface area (Å²) in [5, 5.41) is 9.87. The smallest absolute Gasteiger partial charge is 0.187 e. The molecule has 0 spiro atoms. The average Bonchev–Trinajstić information content (AvgIpc) is 3.03. The van der Waals surface area contributed by atoms with Crippen molar-refractivity contribution >= 4 is 16.9 Å². The third kappa shape index (κ3) is 2.81. The van der Waals surface area contributed by atoms with Crippen LogP contribution in [0.25, 0.3) is 10.4 Å². The van der Waals surface area contributed by atoms with Gasteiger partial charge in [-0.05, 0) is 78.5 Å². The number of aliphatic hydroxyl groups is 1. The standard InChI is InChI=1S/C23H24N2O/c1-14-18(4-3-5-23(14)24)22-13-20(15-6-9-17(26)10-7-15)19-11-8-16(25-2)12-21(19)22/h3-5,8,11-13,15,17,20,26H,6-7,9-10,24H2,1H3. The van der Waals surface area contributed by atoms with Crippen LogP contribution in [-0.4, -0.2) is 11.2 Å². The fourth-order valence-electron chi connectivity index (χ4n) is 4.53. The van der Waals surface area contributed by atoms with E-state index < -0.39 is 0 Å². The third-order valence-electron chi connectivity index (χ3n) is 6.08. The van der Waals surface area contributed by atoms with Crippen LogP contribution in [0.5, 0.6) is 0 Å². The highest BCUT2D eigenvalue weighted by Gasteiger charge is 2.33. The molecule has 0 saturated heterocycles. The van der Waals surface area contributed by atoms with Crippen molar-refractivity contribution in [1.82, 2.24) is 0 Å². The highest BCUT2D eigenvalue weighted by Crippen LogP contribution is 2.48. The van der Waals surface area contributed by atoms with Crippen molar-refractivity contribution in [3.8, 4) is 0 Å². The van der Waals surface area contributed by atoms with Crippen LogP contribution in [0, 0.1) is 19.4 Å². The van der Waals surface area contributed by atoms with Gasteiger partial charge in [0.15, 0.2) is 5.69 Å². The fourth-order valence-corrected chi connectivity index (χ4v) is 4.53. The topological polar surface area (TPSA) is 50.6 Å². The van der Waals surface area contributed by atoms with Gasteiger partial charge in [0.1, 0.15) is 0 Å². The number of allylic oxidation sites excluding steroid dienone is 1. The van der Waals surface area contributed by atoms with E-state index in [1.807, 2.05) is 24.3 Å². The van der Waals surface area contributed by atoms with E-state index in [1.165, 1.54) is 16.7 Å². The third-order valence-corrected chi connectivity index (χ3v) is 6.08. The van der Waals surface area contributed by atoms with Crippen LogP contribution >= 0.6 is 0 Å². The maximum atomic E-state index is 9.87. The Kier molecular flexibility index (Phi) is 4.30. The van der Waals surface area contributed by atoms with E-state index in [1.54, 1.807) is 0 Å². The van der Waals surface area contributed by atoms with Crippen LogP contribution in [0.4, 0.5) is 11.4 Å². The minimum atomic E-state index is -0.142. The Bertz CT molecular complexity index is 914. The number of nitrogens with two attached hydrogens (primary N) is 1. The molecule has 1 fully saturated rings. The highest BCUT2D eigenvalue weighted by atomic mass is 16.3. The zero-order chi connectivity index (χ0) is 18.3. The molecular formula is C23H24N2O. The van der Waals surface area contributed by atoms with Gasteiger partial charge in [-0.15, -0.1) is 0 Å². The maximum Gasteiger partial charge on any atom is 0.187 e. The SMILES string of the molecule is [C-]#[N+]c1ccc2c(c1)C(c1cccc(N)c1C)=CC2C1CCC(O)CC1. The Hall–Kier alpha value is -2.57. The lowest BCUT2D eigenvalue weighted by Crippen LogP contribution is -2.21. The fraction of sp³-hybridized carbons (Fsp3) is 0.348. The van der Waals surface area contributed by atoms with Crippen LogP contribution in [0.2, 0.25) is 0 Å². The number of hydrogen-bond donors (Lipinski definition) is 2. The molecule has 0 bridgehead atoms. The van der Waals surface area contributed by atoms with E-state index in [0.717, 1.165) is 42.5 Å². The summed E-state index contributed by atoms with van der Waals surface area (Å²) in [5.74, 6) is 0.905. The molecule has 0 aliphatic heterocycles. The first-order valence-electron chi connectivity index (χ1n) is 9.35. The molecule has 0 radical (unpaired) electrons. The van der Waals surface area contributed by atoms with Crippen LogP contribution < -0.4 is 5.73 Å². The molecule has 0 heterocycles. The van der Waals surface area contributed by atoms with Crippen molar-refractivity contribution in [3.63, 3.8) is 0 Å². The van der Waals surface area contributed by atoms with Gasteiger partial charge in [0, 0.05) is 11.6 Å². The zero-order valence-electron chi connectivity index (χ0n) is 15.1. The number of nitrogen functional groups attached to an aromatic ring is 1. The molecule has 2 aliphatic rings. The summed E-state index contributed by atoms with van der Waals surface area (Å²) in [4.78, 5) is 3.63. The van der Waals surface area contributed by atoms with Crippen molar-refractivity contribution in [1.29, 1.82) is 0 Å². The van der Waals surface area contributed by atoms with E-state index in [9.17, 15) is 5.11 Å². The molecule has 2 aromatic carbocycles. The normalized spacial score (nSPS) is 24.7. The summed E-state index contributed by atoms with van der Waals surface area (Å²) in [5.41, 5.74) is 13.6. The van der Waals surface area contributed by atoms with E-state index in [-0.39, 0.29) is 6.10 Å². The van der Waals surface area contributed by atoms with Crippen molar-refractivity contribution in [2.24, 2.45) is 5.92 Å². The quantitative estimate of drug-likeness (QED) is 0.580. The summed E-state index contributed by atoms with van der Waals surface area (Å²) in [6, 6.07) is 12.1. The van der Waals surface area contributed by atoms with Gasteiger partial charge < -0.3 is 10.8 Å². The molecule has 4 rings (SSSR count). The van der Waals surface area contributed by atoms with Gasteiger partial charge in [0.2, 0.25) is 0 Å². The van der Waals surface area contributed by atoms with Gasteiger partial charge in [0.05, 0.1) is 12.7 Å². The summed E-state index contributed by atoms with van der Waals surface area (Å²) in [7, 11) is 0. The number of aliphatic hydroxyl groups excluding tert-OH is 1. The van der Waals surface area contributed by atoms with Crippen LogP contribution in [0.15, 0.2) is 42.5 Å². The van der Waals surface area contributed by atoms with Gasteiger partial charge in [0.25, 0.3) is 0 Å². The number of fused-ring (bicyclic) bond motifs is 1. The lowest BCUT2D eigenvalue weighted by Gasteiger charge is -2.30. The Morgan fingerprint density at radius 1 is 1.08 bits per heavy atom.